The number of carbonyl (C=O) groups is 1. The number of halogens is 1. The van der Waals surface area contributed by atoms with Crippen molar-refractivity contribution in [2.24, 2.45) is 0 Å². The van der Waals surface area contributed by atoms with E-state index >= 15 is 0 Å². The summed E-state index contributed by atoms with van der Waals surface area (Å²) < 4.78 is 0. The first-order chi connectivity index (χ1) is 3.81. The molecular formula is C5H9BrNO. The number of hydrogen-bond acceptors (Lipinski definition) is 1. The van der Waals surface area contributed by atoms with Crippen LogP contribution in [0.25, 0.3) is 0 Å². The van der Waals surface area contributed by atoms with Crippen molar-refractivity contribution >= 4 is 21.8 Å². The van der Waals surface area contributed by atoms with Crippen molar-refractivity contribution in [1.82, 2.24) is 5.32 Å². The first-order valence-corrected chi connectivity index (χ1v) is 3.56. The van der Waals surface area contributed by atoms with Gasteiger partial charge in [0.05, 0.1) is 0 Å². The third-order valence-corrected chi connectivity index (χ3v) is 1.02. The molecule has 0 aliphatic heterocycles. The van der Waals surface area contributed by atoms with E-state index in [1.807, 2.05) is 0 Å². The first kappa shape index (κ1) is 7.95. The number of carbonyl (C=O) groups excluding carboxylic acids is 1. The Hall–Kier alpha value is -0.0500. The van der Waals surface area contributed by atoms with E-state index in [1.165, 1.54) is 0 Å². The summed E-state index contributed by atoms with van der Waals surface area (Å²) in [6, 6.07) is 0. The molecule has 0 aliphatic carbocycles. The van der Waals surface area contributed by atoms with Crippen LogP contribution in [0.3, 0.4) is 0 Å². The lowest BCUT2D eigenvalue weighted by molar-refractivity contribution is -0.120. The summed E-state index contributed by atoms with van der Waals surface area (Å²) in [5.74, 6) is 0.0596. The largest absolute Gasteiger partial charge is 0.352 e. The Labute approximate surface area is 57.8 Å². The molecule has 0 heterocycles. The molecule has 0 rings (SSSR count). The normalized spacial score (nSPS) is 8.75. The third kappa shape index (κ3) is 4.12. The maximum Gasteiger partial charge on any atom is 0.221 e. The van der Waals surface area contributed by atoms with Gasteiger partial charge in [-0.1, -0.05) is 15.9 Å². The number of alkyl halides is 1. The molecule has 1 N–H and O–H groups in total. The number of rotatable bonds is 3. The Morgan fingerprint density at radius 2 is 2.50 bits per heavy atom. The van der Waals surface area contributed by atoms with E-state index in [9.17, 15) is 4.79 Å². The summed E-state index contributed by atoms with van der Waals surface area (Å²) in [6.07, 6.45) is 0.546. The molecule has 1 amide bonds. The van der Waals surface area contributed by atoms with E-state index in [0.29, 0.717) is 6.42 Å². The van der Waals surface area contributed by atoms with Crippen molar-refractivity contribution in [3.63, 3.8) is 0 Å². The zero-order valence-electron chi connectivity index (χ0n) is 4.78. The number of nitrogens with one attached hydrogen (secondary N) is 1. The van der Waals surface area contributed by atoms with Crippen molar-refractivity contribution in [3.8, 4) is 0 Å². The molecule has 0 aromatic rings. The molecule has 0 aliphatic rings. The van der Waals surface area contributed by atoms with Gasteiger partial charge in [0, 0.05) is 18.3 Å². The van der Waals surface area contributed by atoms with Crippen LogP contribution in [-0.4, -0.2) is 11.2 Å². The van der Waals surface area contributed by atoms with Gasteiger partial charge in [0.1, 0.15) is 0 Å². The first-order valence-electron chi connectivity index (χ1n) is 2.44. The van der Waals surface area contributed by atoms with Crippen molar-refractivity contribution in [2.45, 2.75) is 13.3 Å². The molecule has 0 aromatic heterocycles. The fraction of sp³-hybridized carbons (Fsp3) is 0.600. The topological polar surface area (TPSA) is 29.1 Å². The van der Waals surface area contributed by atoms with Gasteiger partial charge in [0.2, 0.25) is 5.91 Å². The molecule has 47 valence electrons. The minimum absolute atomic E-state index is 0.0596. The van der Waals surface area contributed by atoms with Gasteiger partial charge in [-0.2, -0.15) is 0 Å². The molecule has 0 fully saturated rings. The van der Waals surface area contributed by atoms with Gasteiger partial charge < -0.3 is 5.32 Å². The molecule has 0 saturated carbocycles. The summed E-state index contributed by atoms with van der Waals surface area (Å²) in [6.45, 7) is 3.41. The Morgan fingerprint density at radius 1 is 1.88 bits per heavy atom. The van der Waals surface area contributed by atoms with Crippen molar-refractivity contribution in [2.75, 3.05) is 5.33 Å². The van der Waals surface area contributed by atoms with Gasteiger partial charge in [-0.05, 0) is 6.92 Å². The van der Waals surface area contributed by atoms with Gasteiger partial charge in [0.25, 0.3) is 0 Å². The summed E-state index contributed by atoms with van der Waals surface area (Å²) >= 11 is 3.15. The van der Waals surface area contributed by atoms with E-state index in [1.54, 1.807) is 13.5 Å². The molecule has 0 aromatic carbocycles. The summed E-state index contributed by atoms with van der Waals surface area (Å²) in [4.78, 5) is 10.5. The molecule has 0 spiro atoms. The molecule has 0 unspecified atom stereocenters. The average molecular weight is 179 g/mol. The van der Waals surface area contributed by atoms with Crippen LogP contribution in [0.4, 0.5) is 0 Å². The van der Waals surface area contributed by atoms with E-state index < -0.39 is 0 Å². The van der Waals surface area contributed by atoms with Crippen LogP contribution in [0.15, 0.2) is 0 Å². The van der Waals surface area contributed by atoms with Crippen LogP contribution < -0.4 is 5.32 Å². The third-order valence-electron chi connectivity index (χ3n) is 0.627. The van der Waals surface area contributed by atoms with Crippen LogP contribution in [-0.2, 0) is 4.79 Å². The van der Waals surface area contributed by atoms with Crippen LogP contribution in [0.5, 0.6) is 0 Å². The van der Waals surface area contributed by atoms with E-state index in [0.717, 1.165) is 5.33 Å². The Balaban J connectivity index is 3.06. The Bertz CT molecular complexity index is 66.8. The van der Waals surface area contributed by atoms with Crippen LogP contribution in [0, 0.1) is 6.54 Å². The molecule has 0 saturated heterocycles. The lowest BCUT2D eigenvalue weighted by Crippen LogP contribution is -2.18. The van der Waals surface area contributed by atoms with Gasteiger partial charge in [-0.3, -0.25) is 4.79 Å². The van der Waals surface area contributed by atoms with E-state index in [2.05, 4.69) is 21.2 Å². The lowest BCUT2D eigenvalue weighted by atomic mass is 10.4. The summed E-state index contributed by atoms with van der Waals surface area (Å²) in [5.41, 5.74) is 0. The van der Waals surface area contributed by atoms with Gasteiger partial charge in [-0.15, -0.1) is 0 Å². The molecule has 3 heteroatoms. The minimum atomic E-state index is 0.0596. The summed E-state index contributed by atoms with van der Waals surface area (Å²) in [7, 11) is 0. The highest BCUT2D eigenvalue weighted by atomic mass is 79.9. The van der Waals surface area contributed by atoms with E-state index in [-0.39, 0.29) is 5.91 Å². The maximum atomic E-state index is 10.5. The second-order valence-electron chi connectivity index (χ2n) is 1.30. The van der Waals surface area contributed by atoms with Gasteiger partial charge in [0.15, 0.2) is 0 Å². The zero-order valence-corrected chi connectivity index (χ0v) is 6.36. The number of amides is 1. The van der Waals surface area contributed by atoms with Gasteiger partial charge in [-0.25, -0.2) is 0 Å². The fourth-order valence-electron chi connectivity index (χ4n) is 0.319. The monoisotopic (exact) mass is 178 g/mol. The van der Waals surface area contributed by atoms with Crippen molar-refractivity contribution in [3.05, 3.63) is 6.54 Å². The predicted octanol–water partition coefficient (Wildman–Crippen LogP) is 1.07. The molecular weight excluding hydrogens is 170 g/mol. The van der Waals surface area contributed by atoms with Crippen LogP contribution in [0.1, 0.15) is 13.3 Å². The highest BCUT2D eigenvalue weighted by Crippen LogP contribution is 1.86. The standard InChI is InChI=1S/C5H9BrNO/c1-2-7-5(8)3-4-6/h2H,3-4H2,1H3,(H,7,8). The molecule has 8 heavy (non-hydrogen) atoms. The zero-order chi connectivity index (χ0) is 6.41. The molecule has 0 bridgehead atoms. The van der Waals surface area contributed by atoms with Crippen LogP contribution >= 0.6 is 15.9 Å². The SMILES string of the molecule is C[CH]NC(=O)CCBr. The lowest BCUT2D eigenvalue weighted by Gasteiger charge is -1.95. The predicted molar refractivity (Wildman–Crippen MR) is 36.5 cm³/mol. The second kappa shape index (κ2) is 5.09. The Kier molecular flexibility index (Phi) is 5.06. The second-order valence-corrected chi connectivity index (χ2v) is 2.09. The molecule has 2 nitrogen and oxygen atoms in total. The van der Waals surface area contributed by atoms with Crippen LogP contribution in [0.2, 0.25) is 0 Å². The average Bonchev–Trinajstić information content (AvgIpc) is 1.68. The quantitative estimate of drug-likeness (QED) is 0.645. The number of hydrogen-bond donors (Lipinski definition) is 1. The smallest absolute Gasteiger partial charge is 0.221 e. The summed E-state index contributed by atoms with van der Waals surface area (Å²) in [5, 5.41) is 3.28. The van der Waals surface area contributed by atoms with Gasteiger partial charge >= 0.3 is 0 Å². The van der Waals surface area contributed by atoms with E-state index in [4.69, 9.17) is 0 Å². The maximum absolute atomic E-state index is 10.5. The molecule has 1 radical (unpaired) electrons. The van der Waals surface area contributed by atoms with Crippen molar-refractivity contribution in [1.29, 1.82) is 0 Å². The fourth-order valence-corrected chi connectivity index (χ4v) is 0.679. The minimum Gasteiger partial charge on any atom is -0.352 e. The molecule has 0 atom stereocenters. The Morgan fingerprint density at radius 3 is 2.88 bits per heavy atom. The highest BCUT2D eigenvalue weighted by Gasteiger charge is 1.93. The highest BCUT2D eigenvalue weighted by molar-refractivity contribution is 9.09. The van der Waals surface area contributed by atoms with Crippen molar-refractivity contribution < 1.29 is 4.79 Å².